The largest absolute Gasteiger partial charge is 0.417 e. The summed E-state index contributed by atoms with van der Waals surface area (Å²) in [6.07, 6.45) is 1.72. The molecule has 1 nitrogen and oxygen atoms in total. The zero-order chi connectivity index (χ0) is 14.0. The van der Waals surface area contributed by atoms with Crippen LogP contribution in [0.1, 0.15) is 42.9 Å². The first kappa shape index (κ1) is 14.6. The van der Waals surface area contributed by atoms with Crippen LogP contribution in [0.25, 0.3) is 0 Å². The minimum atomic E-state index is -4.37. The van der Waals surface area contributed by atoms with Crippen LogP contribution >= 0.6 is 15.9 Å². The molecule has 1 aliphatic carbocycles. The molecule has 0 heterocycles. The number of benzene rings is 1. The van der Waals surface area contributed by atoms with Crippen LogP contribution in [0, 0.1) is 0 Å². The predicted octanol–water partition coefficient (Wildman–Crippen LogP) is 4.97. The molecule has 104 valence electrons. The van der Waals surface area contributed by atoms with Crippen molar-refractivity contribution in [2.45, 2.75) is 37.9 Å². The molecule has 19 heavy (non-hydrogen) atoms. The van der Waals surface area contributed by atoms with Gasteiger partial charge in [-0.2, -0.15) is 13.2 Å². The molecule has 1 aliphatic rings. The Morgan fingerprint density at radius 1 is 1.21 bits per heavy atom. The molecule has 0 fully saturated rings. The monoisotopic (exact) mass is 333 g/mol. The molecule has 0 aromatic heterocycles. The van der Waals surface area contributed by atoms with Crippen LogP contribution in [0.2, 0.25) is 0 Å². The second-order valence-electron chi connectivity index (χ2n) is 4.74. The lowest BCUT2D eigenvalue weighted by Crippen LogP contribution is -2.16. The van der Waals surface area contributed by atoms with Crippen LogP contribution < -0.4 is 5.73 Å². The van der Waals surface area contributed by atoms with Crippen molar-refractivity contribution in [1.82, 2.24) is 0 Å². The Balaban J connectivity index is 2.33. The summed E-state index contributed by atoms with van der Waals surface area (Å²) in [6.45, 7) is 0. The van der Waals surface area contributed by atoms with Crippen LogP contribution in [-0.4, -0.2) is 0 Å². The van der Waals surface area contributed by atoms with Crippen molar-refractivity contribution < 1.29 is 13.2 Å². The summed E-state index contributed by atoms with van der Waals surface area (Å²) >= 11 is 2.94. The van der Waals surface area contributed by atoms with Crippen molar-refractivity contribution in [3.05, 3.63) is 45.4 Å². The van der Waals surface area contributed by atoms with E-state index in [0.29, 0.717) is 5.56 Å². The average Bonchev–Trinajstić information content (AvgIpc) is 2.38. The highest BCUT2D eigenvalue weighted by molar-refractivity contribution is 9.10. The summed E-state index contributed by atoms with van der Waals surface area (Å²) in [5.74, 6) is 0. The van der Waals surface area contributed by atoms with Gasteiger partial charge in [0.25, 0.3) is 0 Å². The Morgan fingerprint density at radius 3 is 2.53 bits per heavy atom. The number of alkyl halides is 3. The summed E-state index contributed by atoms with van der Waals surface area (Å²) in [7, 11) is 0. The molecule has 0 saturated carbocycles. The Hall–Kier alpha value is -0.810. The van der Waals surface area contributed by atoms with Crippen molar-refractivity contribution in [3.8, 4) is 0 Å². The topological polar surface area (TPSA) is 26.0 Å². The number of allylic oxidation sites excluding steroid dienone is 1. The predicted molar refractivity (Wildman–Crippen MR) is 72.6 cm³/mol. The van der Waals surface area contributed by atoms with E-state index in [4.69, 9.17) is 5.73 Å². The van der Waals surface area contributed by atoms with E-state index in [2.05, 4.69) is 22.0 Å². The first-order chi connectivity index (χ1) is 8.89. The summed E-state index contributed by atoms with van der Waals surface area (Å²) < 4.78 is 38.6. The molecule has 5 heteroatoms. The van der Waals surface area contributed by atoms with Crippen molar-refractivity contribution in [2.24, 2.45) is 5.73 Å². The molecule has 2 N–H and O–H groups in total. The molecule has 0 spiro atoms. The number of hydrogen-bond acceptors (Lipinski definition) is 1. The lowest BCUT2D eigenvalue weighted by atomic mass is 9.90. The van der Waals surface area contributed by atoms with Crippen LogP contribution in [0.4, 0.5) is 13.2 Å². The van der Waals surface area contributed by atoms with Gasteiger partial charge in [0.1, 0.15) is 0 Å². The van der Waals surface area contributed by atoms with Gasteiger partial charge in [-0.05, 0) is 43.4 Å². The third-order valence-corrected chi connectivity index (χ3v) is 4.07. The van der Waals surface area contributed by atoms with Crippen LogP contribution in [0.15, 0.2) is 34.3 Å². The van der Waals surface area contributed by atoms with E-state index >= 15 is 0 Å². The molecule has 0 amide bonds. The molecule has 1 aromatic rings. The van der Waals surface area contributed by atoms with Crippen molar-refractivity contribution in [1.29, 1.82) is 0 Å². The minimum absolute atomic E-state index is 0.0496. The Morgan fingerprint density at radius 2 is 1.95 bits per heavy atom. The van der Waals surface area contributed by atoms with Crippen LogP contribution in [-0.2, 0) is 6.18 Å². The fourth-order valence-electron chi connectivity index (χ4n) is 2.31. The van der Waals surface area contributed by atoms with Gasteiger partial charge in [-0.1, -0.05) is 33.6 Å². The van der Waals surface area contributed by atoms with Gasteiger partial charge in [0.05, 0.1) is 11.6 Å². The summed E-state index contributed by atoms with van der Waals surface area (Å²) in [5.41, 5.74) is 6.97. The van der Waals surface area contributed by atoms with E-state index in [1.165, 1.54) is 6.07 Å². The second-order valence-corrected chi connectivity index (χ2v) is 5.59. The van der Waals surface area contributed by atoms with Gasteiger partial charge >= 0.3 is 6.18 Å². The highest BCUT2D eigenvalue weighted by Crippen LogP contribution is 2.37. The molecule has 2 rings (SSSR count). The van der Waals surface area contributed by atoms with Gasteiger partial charge in [0.15, 0.2) is 0 Å². The van der Waals surface area contributed by atoms with E-state index in [9.17, 15) is 13.2 Å². The molecule has 0 saturated heterocycles. The highest BCUT2D eigenvalue weighted by Gasteiger charge is 2.33. The van der Waals surface area contributed by atoms with Crippen molar-refractivity contribution in [2.75, 3.05) is 0 Å². The van der Waals surface area contributed by atoms with Crippen LogP contribution in [0.5, 0.6) is 0 Å². The maximum Gasteiger partial charge on any atom is 0.417 e. The molecule has 1 aromatic carbocycles. The Labute approximate surface area is 118 Å². The Kier molecular flexibility index (Phi) is 4.36. The van der Waals surface area contributed by atoms with Gasteiger partial charge in [0, 0.05) is 4.47 Å². The molecule has 1 unspecified atom stereocenters. The van der Waals surface area contributed by atoms with Crippen LogP contribution in [0.3, 0.4) is 0 Å². The van der Waals surface area contributed by atoms with E-state index in [1.807, 2.05) is 0 Å². The number of hydrogen-bond donors (Lipinski definition) is 1. The summed E-state index contributed by atoms with van der Waals surface area (Å²) in [4.78, 5) is 0. The van der Waals surface area contributed by atoms with Gasteiger partial charge in [-0.3, -0.25) is 0 Å². The van der Waals surface area contributed by atoms with Gasteiger partial charge in [0.2, 0.25) is 0 Å². The maximum absolute atomic E-state index is 12.8. The third-order valence-electron chi connectivity index (χ3n) is 3.38. The fraction of sp³-hybridized carbons (Fsp3) is 0.429. The number of halogens is 4. The molecule has 0 radical (unpaired) electrons. The maximum atomic E-state index is 12.8. The quantitative estimate of drug-likeness (QED) is 0.760. The fourth-order valence-corrected chi connectivity index (χ4v) is 2.78. The Bertz CT molecular complexity index is 494. The van der Waals surface area contributed by atoms with Gasteiger partial charge in [-0.15, -0.1) is 0 Å². The average molecular weight is 334 g/mol. The van der Waals surface area contributed by atoms with Gasteiger partial charge < -0.3 is 5.73 Å². The zero-order valence-corrected chi connectivity index (χ0v) is 11.9. The van der Waals surface area contributed by atoms with Crippen molar-refractivity contribution in [3.63, 3.8) is 0 Å². The minimum Gasteiger partial charge on any atom is -0.321 e. The lowest BCUT2D eigenvalue weighted by Gasteiger charge is -2.21. The van der Waals surface area contributed by atoms with E-state index in [1.54, 1.807) is 6.07 Å². The molecule has 0 bridgehead atoms. The molecular weight excluding hydrogens is 319 g/mol. The third kappa shape index (κ3) is 3.39. The number of rotatable bonds is 2. The van der Waals surface area contributed by atoms with Crippen molar-refractivity contribution >= 4 is 15.9 Å². The molecule has 1 atom stereocenters. The van der Waals surface area contributed by atoms with E-state index in [-0.39, 0.29) is 4.47 Å². The lowest BCUT2D eigenvalue weighted by molar-refractivity contribution is -0.138. The van der Waals surface area contributed by atoms with E-state index < -0.39 is 17.8 Å². The first-order valence-corrected chi connectivity index (χ1v) is 7.00. The highest BCUT2D eigenvalue weighted by atomic mass is 79.9. The SMILES string of the molecule is NC(C1=CCCCC1)c1ccc(Br)c(C(F)(F)F)c1. The normalized spacial score (nSPS) is 18.1. The first-order valence-electron chi connectivity index (χ1n) is 6.21. The molecule has 0 aliphatic heterocycles. The second kappa shape index (κ2) is 5.67. The molecular formula is C14H15BrF3N. The van der Waals surface area contributed by atoms with E-state index in [0.717, 1.165) is 37.3 Å². The standard InChI is InChI=1S/C14H15BrF3N/c15-12-7-6-10(8-11(12)14(16,17)18)13(19)9-4-2-1-3-5-9/h4,6-8,13H,1-3,5,19H2. The number of nitrogens with two attached hydrogens (primary N) is 1. The van der Waals surface area contributed by atoms with Gasteiger partial charge in [-0.25, -0.2) is 0 Å². The zero-order valence-electron chi connectivity index (χ0n) is 10.3. The summed E-state index contributed by atoms with van der Waals surface area (Å²) in [6, 6.07) is 3.78. The smallest absolute Gasteiger partial charge is 0.321 e. The summed E-state index contributed by atoms with van der Waals surface area (Å²) in [5, 5.41) is 0.